The fourth-order valence-corrected chi connectivity index (χ4v) is 14.2. The summed E-state index contributed by atoms with van der Waals surface area (Å²) >= 11 is 0. The smallest absolute Gasteiger partial charge is 0.251 e. The lowest BCUT2D eigenvalue weighted by Gasteiger charge is -2.43. The number of halogens is 2. The topological polar surface area (TPSA) is 180 Å². The van der Waals surface area contributed by atoms with Crippen molar-refractivity contribution in [1.29, 1.82) is 0 Å². The second kappa shape index (κ2) is 28.2. The van der Waals surface area contributed by atoms with Crippen molar-refractivity contribution in [2.24, 2.45) is 0 Å². The highest BCUT2D eigenvalue weighted by Gasteiger charge is 2.43. The Balaban J connectivity index is 0.571. The van der Waals surface area contributed by atoms with Gasteiger partial charge in [-0.05, 0) is 110 Å². The van der Waals surface area contributed by atoms with Gasteiger partial charge in [0.25, 0.3) is 11.1 Å². The summed E-state index contributed by atoms with van der Waals surface area (Å²) in [4.78, 5) is 74.7. The maximum absolute atomic E-state index is 14.4. The number of hydrogen-bond donors (Lipinski definition) is 4. The van der Waals surface area contributed by atoms with E-state index in [1.54, 1.807) is 24.3 Å². The van der Waals surface area contributed by atoms with Crippen LogP contribution in [0.1, 0.15) is 86.3 Å². The predicted octanol–water partition coefficient (Wildman–Crippen LogP) is 6.44. The van der Waals surface area contributed by atoms with E-state index in [0.717, 1.165) is 124 Å². The normalized spacial score (nSPS) is 23.5. The number of aryl methyl sites for hydroxylation is 2. The zero-order chi connectivity index (χ0) is 64.3. The van der Waals surface area contributed by atoms with Gasteiger partial charge in [0.15, 0.2) is 0 Å². The van der Waals surface area contributed by atoms with Crippen LogP contribution in [0, 0.1) is 11.6 Å². The zero-order valence-corrected chi connectivity index (χ0v) is 54.1. The lowest BCUT2D eigenvalue weighted by Crippen LogP contribution is -2.61. The molecule has 12 rings (SSSR count). The molecule has 0 bridgehead atoms. The molecule has 20 heteroatoms. The lowest BCUT2D eigenvalue weighted by molar-refractivity contribution is -0.121. The molecule has 8 heterocycles. The number of carbonyl (C=O) groups excluding carboxylic acids is 2. The number of ether oxygens (including phenoxy) is 4. The Hall–Kier alpha value is -7.14. The number of fused-ring (bicyclic) bond motifs is 2. The van der Waals surface area contributed by atoms with Gasteiger partial charge < -0.3 is 49.3 Å². The Bertz CT molecular complexity index is 3420. The minimum atomic E-state index is -0.431. The summed E-state index contributed by atoms with van der Waals surface area (Å²) in [6.45, 7) is 23.6. The summed E-state index contributed by atoms with van der Waals surface area (Å²) in [7, 11) is 0. The van der Waals surface area contributed by atoms with Gasteiger partial charge >= 0.3 is 0 Å². The summed E-state index contributed by atoms with van der Waals surface area (Å²) in [6.07, 6.45) is 2.22. The largest absolute Gasteiger partial charge is 0.491 e. The van der Waals surface area contributed by atoms with Crippen LogP contribution in [0.5, 0.6) is 11.5 Å². The Labute approximate surface area is 538 Å². The van der Waals surface area contributed by atoms with Crippen LogP contribution in [0.3, 0.4) is 0 Å². The Morgan fingerprint density at radius 2 is 0.924 bits per heavy atom. The zero-order valence-electron chi connectivity index (χ0n) is 54.1. The summed E-state index contributed by atoms with van der Waals surface area (Å²) in [5.74, 6) is 0.951. The molecule has 6 atom stereocenters. The number of amides is 2. The molecule has 6 aliphatic rings. The molecule has 6 aliphatic heterocycles. The van der Waals surface area contributed by atoms with Crippen molar-refractivity contribution in [1.82, 2.24) is 40.2 Å². The van der Waals surface area contributed by atoms with Crippen molar-refractivity contribution >= 4 is 23.2 Å². The van der Waals surface area contributed by atoms with Crippen LogP contribution < -0.4 is 41.0 Å². The van der Waals surface area contributed by atoms with Crippen LogP contribution >= 0.6 is 0 Å². The van der Waals surface area contributed by atoms with E-state index in [4.69, 9.17) is 18.9 Å². The van der Waals surface area contributed by atoms with Gasteiger partial charge in [-0.15, -0.1) is 0 Å². The molecule has 6 aromatic rings. The quantitative estimate of drug-likeness (QED) is 0.0619. The minimum absolute atomic E-state index is 0.00201. The third kappa shape index (κ3) is 15.7. The molecule has 0 radical (unpaired) electrons. The SMILES string of the molecule is C[C@@H]1CN(CC(=O)N2CC(C)(C)c3[nH]c(=O)c(Cc4ccc(F)cc4)cc32)[C@@H](CN2CCO[C@H](COc3ccc(CCc4ccc(OC[C@@H]5CN(C[C@H]6CN[C@H](C)CN6CC(=O)N6CC(C)(C)c7[nH]c(=O)c(Cc8ccc(F)cc8)cc76)CCO5)cc4)cc3)C2)CN1. The van der Waals surface area contributed by atoms with Gasteiger partial charge in [-0.25, -0.2) is 8.78 Å². The van der Waals surface area contributed by atoms with Crippen LogP contribution in [0.15, 0.2) is 119 Å². The Morgan fingerprint density at radius 1 is 0.543 bits per heavy atom. The maximum atomic E-state index is 14.4. The minimum Gasteiger partial charge on any atom is -0.491 e. The van der Waals surface area contributed by atoms with Gasteiger partial charge in [0.1, 0.15) is 48.6 Å². The van der Waals surface area contributed by atoms with Crippen molar-refractivity contribution in [3.8, 4) is 11.5 Å². The monoisotopic (exact) mass is 1260 g/mol. The van der Waals surface area contributed by atoms with Crippen LogP contribution in [-0.4, -0.2) is 196 Å². The fraction of sp³-hybridized carbons (Fsp3) is 0.500. The van der Waals surface area contributed by atoms with Gasteiger partial charge in [-0.2, -0.15) is 0 Å². The first-order valence-electron chi connectivity index (χ1n) is 32.9. The summed E-state index contributed by atoms with van der Waals surface area (Å²) in [6, 6.07) is 33.4. The summed E-state index contributed by atoms with van der Waals surface area (Å²) < 4.78 is 52.4. The Kier molecular flexibility index (Phi) is 19.9. The maximum Gasteiger partial charge on any atom is 0.251 e. The highest BCUT2D eigenvalue weighted by Crippen LogP contribution is 2.41. The molecule has 0 aliphatic carbocycles. The third-order valence-electron chi connectivity index (χ3n) is 19.4. The van der Waals surface area contributed by atoms with Crippen LogP contribution in [0.4, 0.5) is 20.2 Å². The van der Waals surface area contributed by atoms with E-state index < -0.39 is 10.8 Å². The van der Waals surface area contributed by atoms with Gasteiger partial charge in [0, 0.05) is 149 Å². The molecular formula is C72H90F2N10O8. The van der Waals surface area contributed by atoms with Crippen LogP contribution in [0.25, 0.3) is 0 Å². The van der Waals surface area contributed by atoms with E-state index in [2.05, 4.69) is 106 Å². The highest BCUT2D eigenvalue weighted by atomic mass is 19.1. The summed E-state index contributed by atoms with van der Waals surface area (Å²) in [5.41, 5.74) is 6.93. The van der Waals surface area contributed by atoms with Crippen LogP contribution in [0.2, 0.25) is 0 Å². The standard InChI is InChI=1S/C72H90F2N10O8/c1-47-35-81(41-65(85)83-45-71(3,4)67-63(83)31-53(69(87)77-67)29-51-9-17-55(73)18-10-51)57(33-75-47)37-79-25-27-89-61(39-79)43-91-59-21-13-49(14-22-59)7-8-50-15-23-60(24-16-50)92-44-62-40-80(26-28-90-62)38-58-34-76-48(2)36-82(58)42-66(86)84-46-72(5,6)68-64(84)32-54(70(88)78-68)30-52-11-19-56(74)20-12-52/h9-24,31-32,47-48,57-58,61-62,75-76H,7-8,25-30,33-46H2,1-6H3,(H,77,87)(H,78,88)/t47-,48-,57-,58-,61+,62+/m1/s1. The van der Waals surface area contributed by atoms with E-state index >= 15 is 0 Å². The fourth-order valence-electron chi connectivity index (χ4n) is 14.2. The number of morpholine rings is 2. The second-order valence-electron chi connectivity index (χ2n) is 27.8. The first-order chi connectivity index (χ1) is 44.2. The van der Waals surface area contributed by atoms with Gasteiger partial charge in [-0.3, -0.25) is 38.8 Å². The second-order valence-corrected chi connectivity index (χ2v) is 27.8. The van der Waals surface area contributed by atoms with E-state index in [1.807, 2.05) is 46.2 Å². The molecule has 2 amide bonds. The molecule has 0 unspecified atom stereocenters. The molecule has 0 saturated carbocycles. The van der Waals surface area contributed by atoms with Crippen molar-refractivity contribution < 1.29 is 37.3 Å². The van der Waals surface area contributed by atoms with E-state index in [-0.39, 0.29) is 84.0 Å². The number of nitrogens with zero attached hydrogens (tertiary/aromatic N) is 6. The molecule has 0 spiro atoms. The van der Waals surface area contributed by atoms with Crippen molar-refractivity contribution in [2.45, 2.75) is 114 Å². The number of benzene rings is 4. The third-order valence-corrected chi connectivity index (χ3v) is 19.4. The molecule has 4 fully saturated rings. The molecule has 2 aromatic heterocycles. The Morgan fingerprint density at radius 3 is 1.32 bits per heavy atom. The van der Waals surface area contributed by atoms with Gasteiger partial charge in [-0.1, -0.05) is 76.2 Å². The average molecular weight is 1260 g/mol. The first-order valence-corrected chi connectivity index (χ1v) is 32.9. The highest BCUT2D eigenvalue weighted by molar-refractivity contribution is 5.98. The number of nitrogens with one attached hydrogen (secondary N) is 4. The number of H-pyrrole nitrogens is 2. The number of piperazine rings is 2. The van der Waals surface area contributed by atoms with E-state index in [1.165, 1.54) is 35.4 Å². The molecule has 4 saturated heterocycles. The number of aromatic amines is 2. The molecular weight excluding hydrogens is 1170 g/mol. The van der Waals surface area contributed by atoms with Crippen molar-refractivity contribution in [3.63, 3.8) is 0 Å². The number of carbonyl (C=O) groups is 2. The molecule has 490 valence electrons. The number of hydrogen-bond acceptors (Lipinski definition) is 14. The van der Waals surface area contributed by atoms with Gasteiger partial charge in [0.2, 0.25) is 11.8 Å². The van der Waals surface area contributed by atoms with E-state index in [9.17, 15) is 28.0 Å². The molecule has 4 aromatic carbocycles. The molecule has 18 nitrogen and oxygen atoms in total. The van der Waals surface area contributed by atoms with Crippen molar-refractivity contribution in [3.05, 3.63) is 186 Å². The lowest BCUT2D eigenvalue weighted by atomic mass is 9.91. The van der Waals surface area contributed by atoms with Crippen LogP contribution in [-0.2, 0) is 55.6 Å². The number of anilines is 2. The van der Waals surface area contributed by atoms with E-state index in [0.29, 0.717) is 63.5 Å². The molecule has 92 heavy (non-hydrogen) atoms. The van der Waals surface area contributed by atoms with Gasteiger partial charge in [0.05, 0.1) is 37.7 Å². The first kappa shape index (κ1) is 64.9. The number of aromatic nitrogens is 2. The predicted molar refractivity (Wildman–Crippen MR) is 353 cm³/mol. The number of pyridine rings is 2. The summed E-state index contributed by atoms with van der Waals surface area (Å²) in [5, 5.41) is 7.30. The van der Waals surface area contributed by atoms with Crippen molar-refractivity contribution in [2.75, 3.05) is 128 Å². The average Bonchev–Trinajstić information content (AvgIpc) is 1.61. The number of rotatable bonds is 21. The molecule has 4 N–H and O–H groups in total.